The van der Waals surface area contributed by atoms with E-state index in [4.69, 9.17) is 9.57 Å². The highest BCUT2D eigenvalue weighted by Crippen LogP contribution is 2.72. The molecule has 3 saturated carbocycles. The minimum Gasteiger partial charge on any atom is -0.494 e. The average Bonchev–Trinajstić information content (AvgIpc) is 3.39. The van der Waals surface area contributed by atoms with Gasteiger partial charge >= 0.3 is 5.97 Å². The van der Waals surface area contributed by atoms with E-state index in [-0.39, 0.29) is 24.0 Å². The molecule has 0 radical (unpaired) electrons. The van der Waals surface area contributed by atoms with Gasteiger partial charge in [-0.05, 0) is 74.8 Å². The Morgan fingerprint density at radius 1 is 1.23 bits per heavy atom. The van der Waals surface area contributed by atoms with Gasteiger partial charge in [0.25, 0.3) is 0 Å². The van der Waals surface area contributed by atoms with E-state index in [9.17, 15) is 19.8 Å². The molecular formula is C32H40FNO6. The van der Waals surface area contributed by atoms with Gasteiger partial charge in [-0.15, -0.1) is 0 Å². The highest BCUT2D eigenvalue weighted by Gasteiger charge is 2.79. The van der Waals surface area contributed by atoms with Gasteiger partial charge in [0.05, 0.1) is 12.7 Å². The highest BCUT2D eigenvalue weighted by molar-refractivity contribution is 6.01. The monoisotopic (exact) mass is 553 g/mol. The van der Waals surface area contributed by atoms with E-state index in [1.165, 1.54) is 12.2 Å². The van der Waals surface area contributed by atoms with Gasteiger partial charge in [0.15, 0.2) is 17.1 Å². The summed E-state index contributed by atoms with van der Waals surface area (Å²) < 4.78 is 23.2. The number of benzene rings is 1. The molecule has 8 heteroatoms. The van der Waals surface area contributed by atoms with Crippen LogP contribution in [0.2, 0.25) is 0 Å². The number of rotatable bonds is 7. The van der Waals surface area contributed by atoms with Crippen LogP contribution in [0.5, 0.6) is 5.75 Å². The van der Waals surface area contributed by atoms with Crippen LogP contribution in [-0.4, -0.2) is 57.6 Å². The third-order valence-electron chi connectivity index (χ3n) is 11.1. The lowest BCUT2D eigenvalue weighted by Crippen LogP contribution is -2.69. The maximum atomic E-state index is 17.4. The fraction of sp³-hybridized carbons (Fsp3) is 0.625. The van der Waals surface area contributed by atoms with E-state index < -0.39 is 40.1 Å². The van der Waals surface area contributed by atoms with Crippen molar-refractivity contribution in [2.45, 2.75) is 83.2 Å². The van der Waals surface area contributed by atoms with Gasteiger partial charge in [0.2, 0.25) is 0 Å². The molecule has 0 bridgehead atoms. The number of ketones is 1. The number of hydroxylamine groups is 2. The number of aliphatic hydroxyl groups excluding tert-OH is 1. The molecule has 4 aliphatic carbocycles. The van der Waals surface area contributed by atoms with Crippen molar-refractivity contribution in [3.63, 3.8) is 0 Å². The second-order valence-corrected chi connectivity index (χ2v) is 13.0. The minimum atomic E-state index is -1.99. The summed E-state index contributed by atoms with van der Waals surface area (Å²) in [7, 11) is 0. The Labute approximate surface area is 235 Å². The summed E-state index contributed by atoms with van der Waals surface area (Å²) in [5, 5.41) is 24.0. The Morgan fingerprint density at radius 3 is 2.67 bits per heavy atom. The lowest BCUT2D eigenvalue weighted by Gasteiger charge is -2.62. The van der Waals surface area contributed by atoms with Crippen LogP contribution in [0.3, 0.4) is 0 Å². The van der Waals surface area contributed by atoms with Crippen molar-refractivity contribution in [3.05, 3.63) is 53.6 Å². The van der Waals surface area contributed by atoms with E-state index in [1.54, 1.807) is 18.1 Å². The molecule has 1 saturated heterocycles. The molecule has 1 aromatic carbocycles. The van der Waals surface area contributed by atoms with E-state index in [2.05, 4.69) is 6.92 Å². The number of carboxylic acids is 1. The predicted octanol–water partition coefficient (Wildman–Crippen LogP) is 5.03. The number of aliphatic carboxylic acids is 1. The van der Waals surface area contributed by atoms with Gasteiger partial charge in [-0.3, -0.25) is 9.63 Å². The third kappa shape index (κ3) is 3.64. The van der Waals surface area contributed by atoms with Crippen LogP contribution in [0, 0.1) is 28.6 Å². The van der Waals surface area contributed by atoms with Crippen LogP contribution in [0.25, 0.3) is 0 Å². The van der Waals surface area contributed by atoms with Gasteiger partial charge in [0, 0.05) is 35.8 Å². The number of carboxylic acid groups (broad SMARTS) is 1. The van der Waals surface area contributed by atoms with Crippen LogP contribution < -0.4 is 4.74 Å². The molecule has 1 aliphatic heterocycles. The molecule has 6 rings (SSSR count). The number of carbonyl (C=O) groups excluding carboxylic acids is 1. The van der Waals surface area contributed by atoms with Crippen molar-refractivity contribution < 1.29 is 33.8 Å². The van der Waals surface area contributed by atoms with Gasteiger partial charge in [-0.1, -0.05) is 44.1 Å². The molecule has 0 aromatic heterocycles. The van der Waals surface area contributed by atoms with E-state index >= 15 is 4.39 Å². The third-order valence-corrected chi connectivity index (χ3v) is 11.1. The van der Waals surface area contributed by atoms with Crippen LogP contribution in [0.4, 0.5) is 4.39 Å². The Kier molecular flexibility index (Phi) is 6.56. The maximum Gasteiger partial charge on any atom is 0.339 e. The quantitative estimate of drug-likeness (QED) is 0.457. The number of allylic oxidation sites excluding steroid dienone is 4. The van der Waals surface area contributed by atoms with Crippen molar-refractivity contribution in [2.75, 3.05) is 13.2 Å². The lowest BCUT2D eigenvalue weighted by atomic mass is 9.45. The molecule has 8 atom stereocenters. The molecule has 4 fully saturated rings. The van der Waals surface area contributed by atoms with Gasteiger partial charge in [-0.25, -0.2) is 9.18 Å². The molecule has 40 heavy (non-hydrogen) atoms. The summed E-state index contributed by atoms with van der Waals surface area (Å²) in [6, 6.07) is 7.78. The second kappa shape index (κ2) is 9.50. The van der Waals surface area contributed by atoms with Gasteiger partial charge in [-0.2, -0.15) is 5.06 Å². The first-order valence-corrected chi connectivity index (χ1v) is 14.7. The van der Waals surface area contributed by atoms with Crippen molar-refractivity contribution >= 4 is 11.8 Å². The normalized spacial score (nSPS) is 42.0. The first kappa shape index (κ1) is 27.6. The second-order valence-electron chi connectivity index (χ2n) is 13.0. The van der Waals surface area contributed by atoms with E-state index in [1.807, 2.05) is 31.2 Å². The molecule has 2 N–H and O–H groups in total. The predicted molar refractivity (Wildman–Crippen MR) is 146 cm³/mol. The van der Waals surface area contributed by atoms with E-state index in [0.717, 1.165) is 29.7 Å². The zero-order valence-electron chi connectivity index (χ0n) is 23.6. The first-order valence-electron chi connectivity index (χ1n) is 14.7. The number of unbranched alkanes of at least 4 members (excludes halogenated alkanes) is 1. The largest absolute Gasteiger partial charge is 0.494 e. The summed E-state index contributed by atoms with van der Waals surface area (Å²) in [6.45, 7) is 7.30. The lowest BCUT2D eigenvalue weighted by molar-refractivity contribution is -0.274. The molecule has 1 heterocycles. The maximum absolute atomic E-state index is 17.4. The number of fused-ring (bicyclic) bond motifs is 7. The fourth-order valence-electron chi connectivity index (χ4n) is 9.01. The number of hydrogen-bond acceptors (Lipinski definition) is 6. The summed E-state index contributed by atoms with van der Waals surface area (Å²) in [5.74, 6) is -1.55. The van der Waals surface area contributed by atoms with Gasteiger partial charge in [0.1, 0.15) is 5.75 Å². The standard InChI is InChI=1S/C32H40FNO6/c1-4-5-14-39-24-9-6-20(7-10-24)18-34-19-22-16-26-25-11-8-21-15-23(35)12-13-29(21,2)31(25,33)27(36)17-30(26,3)32(22,40-34)28(37)38/h6-7,9-10,12-13,15,22,25-27,36H,4-5,8,11,14,16-19H2,1-3H3,(H,37,38)/t22-,25-,26-,27-,29-,30-,31-,32-/m0/s1. The SMILES string of the molecule is CCCCOc1ccc(CN2C[C@@H]3C[C@H]4[C@@H]5CCC6=CC(=O)C=C[C@]6(C)[C@@]5(F)[C@@H](O)C[C@]4(C)[C@]3(C(=O)O)O2)cc1. The van der Waals surface area contributed by atoms with Crippen molar-refractivity contribution in [1.82, 2.24) is 5.06 Å². The van der Waals surface area contributed by atoms with Crippen molar-refractivity contribution in [2.24, 2.45) is 28.6 Å². The molecular weight excluding hydrogens is 513 g/mol. The summed E-state index contributed by atoms with van der Waals surface area (Å²) in [4.78, 5) is 31.6. The molecule has 0 spiro atoms. The Bertz CT molecular complexity index is 1260. The summed E-state index contributed by atoms with van der Waals surface area (Å²) in [6.07, 6.45) is 6.74. The average molecular weight is 554 g/mol. The Balaban J connectivity index is 1.26. The molecule has 216 valence electrons. The topological polar surface area (TPSA) is 96.3 Å². The number of nitrogens with zero attached hydrogens (tertiary/aromatic N) is 1. The van der Waals surface area contributed by atoms with Crippen LogP contribution in [0.1, 0.15) is 64.9 Å². The number of alkyl halides is 1. The number of ether oxygens (including phenoxy) is 1. The van der Waals surface area contributed by atoms with Crippen LogP contribution in [0.15, 0.2) is 48.1 Å². The number of carbonyl (C=O) groups is 2. The molecule has 5 aliphatic rings. The molecule has 0 amide bonds. The van der Waals surface area contributed by atoms with Crippen molar-refractivity contribution in [3.8, 4) is 5.75 Å². The zero-order chi connectivity index (χ0) is 28.5. The van der Waals surface area contributed by atoms with Crippen molar-refractivity contribution in [1.29, 1.82) is 0 Å². The first-order chi connectivity index (χ1) is 19.0. The minimum absolute atomic E-state index is 0.0181. The number of hydrogen-bond donors (Lipinski definition) is 2. The Hall–Kier alpha value is -2.55. The van der Waals surface area contributed by atoms with E-state index in [0.29, 0.717) is 39.0 Å². The molecule has 7 nitrogen and oxygen atoms in total. The fourth-order valence-corrected chi connectivity index (χ4v) is 9.01. The summed E-state index contributed by atoms with van der Waals surface area (Å²) >= 11 is 0. The molecule has 1 aromatic rings. The van der Waals surface area contributed by atoms with Gasteiger partial charge < -0.3 is 14.9 Å². The van der Waals surface area contributed by atoms with Crippen LogP contribution in [-0.2, 0) is 21.0 Å². The molecule has 0 unspecified atom stereocenters. The highest BCUT2D eigenvalue weighted by atomic mass is 19.1. The number of halogens is 1. The van der Waals surface area contributed by atoms with Crippen LogP contribution >= 0.6 is 0 Å². The smallest absolute Gasteiger partial charge is 0.339 e. The number of aliphatic hydroxyl groups is 1. The zero-order valence-corrected chi connectivity index (χ0v) is 23.6. The summed E-state index contributed by atoms with van der Waals surface area (Å²) in [5.41, 5.74) is -3.89. The Morgan fingerprint density at radius 2 is 1.98 bits per heavy atom.